The van der Waals surface area contributed by atoms with Gasteiger partial charge in [-0.15, -0.1) is 0 Å². The lowest BCUT2D eigenvalue weighted by atomic mass is 9.91. The number of amides is 4. The van der Waals surface area contributed by atoms with Crippen molar-refractivity contribution in [1.29, 1.82) is 0 Å². The molecular formula is C25H30N4O4. The molecule has 1 saturated heterocycles. The van der Waals surface area contributed by atoms with Crippen LogP contribution in [-0.2, 0) is 11.2 Å². The summed E-state index contributed by atoms with van der Waals surface area (Å²) >= 11 is 0. The number of carbonyl (C=O) groups is 3. The maximum atomic E-state index is 13.0. The largest absolute Gasteiger partial charge is 0.474 e. The number of aromatic nitrogens is 1. The van der Waals surface area contributed by atoms with Crippen LogP contribution in [0, 0.1) is 5.92 Å². The topological polar surface area (TPSA) is 115 Å². The predicted octanol–water partition coefficient (Wildman–Crippen LogP) is 3.06. The molecule has 2 unspecified atom stereocenters. The van der Waals surface area contributed by atoms with Gasteiger partial charge in [0, 0.05) is 12.2 Å². The van der Waals surface area contributed by atoms with Crippen LogP contribution in [0.25, 0.3) is 0 Å². The SMILES string of the molecule is CC(Cc1ccccc1)CC1NC(=O)N(C2CCC(Oc3ncccc3C(N)=O)CC2)C1=O. The van der Waals surface area contributed by atoms with E-state index in [1.54, 1.807) is 18.3 Å². The Morgan fingerprint density at radius 2 is 1.88 bits per heavy atom. The number of urea groups is 1. The average Bonchev–Trinajstić information content (AvgIpc) is 3.08. The molecule has 174 valence electrons. The molecule has 0 radical (unpaired) electrons. The van der Waals surface area contributed by atoms with Crippen LogP contribution in [0.3, 0.4) is 0 Å². The van der Waals surface area contributed by atoms with Gasteiger partial charge in [0.2, 0.25) is 5.88 Å². The van der Waals surface area contributed by atoms with Crippen LogP contribution in [0.5, 0.6) is 5.88 Å². The summed E-state index contributed by atoms with van der Waals surface area (Å²) in [5.41, 5.74) is 6.88. The van der Waals surface area contributed by atoms with Gasteiger partial charge in [0.25, 0.3) is 11.8 Å². The summed E-state index contributed by atoms with van der Waals surface area (Å²) < 4.78 is 5.93. The van der Waals surface area contributed by atoms with Crippen LogP contribution in [0.15, 0.2) is 48.7 Å². The van der Waals surface area contributed by atoms with Gasteiger partial charge in [0.05, 0.1) is 0 Å². The third kappa shape index (κ3) is 5.32. The lowest BCUT2D eigenvalue weighted by Gasteiger charge is -2.33. The van der Waals surface area contributed by atoms with Gasteiger partial charge in [0.15, 0.2) is 0 Å². The van der Waals surface area contributed by atoms with Gasteiger partial charge in [-0.1, -0.05) is 37.3 Å². The summed E-state index contributed by atoms with van der Waals surface area (Å²) in [6.45, 7) is 2.11. The molecule has 2 heterocycles. The van der Waals surface area contributed by atoms with Crippen LogP contribution < -0.4 is 15.8 Å². The van der Waals surface area contributed by atoms with Crippen LogP contribution in [0.2, 0.25) is 0 Å². The molecule has 3 N–H and O–H groups in total. The van der Waals surface area contributed by atoms with Crippen molar-refractivity contribution >= 4 is 17.8 Å². The molecule has 33 heavy (non-hydrogen) atoms. The Morgan fingerprint density at radius 1 is 1.15 bits per heavy atom. The Kier molecular flexibility index (Phi) is 6.91. The molecule has 1 saturated carbocycles. The molecular weight excluding hydrogens is 420 g/mol. The van der Waals surface area contributed by atoms with Gasteiger partial charge in [-0.2, -0.15) is 0 Å². The highest BCUT2D eigenvalue weighted by Crippen LogP contribution is 2.30. The fourth-order valence-corrected chi connectivity index (χ4v) is 4.81. The van der Waals surface area contributed by atoms with E-state index in [0.717, 1.165) is 6.42 Å². The van der Waals surface area contributed by atoms with Crippen molar-refractivity contribution in [3.8, 4) is 5.88 Å². The van der Waals surface area contributed by atoms with Crippen molar-refractivity contribution in [1.82, 2.24) is 15.2 Å². The van der Waals surface area contributed by atoms with Gasteiger partial charge < -0.3 is 15.8 Å². The number of hydrogen-bond donors (Lipinski definition) is 2. The average molecular weight is 451 g/mol. The smallest absolute Gasteiger partial charge is 0.325 e. The lowest BCUT2D eigenvalue weighted by Crippen LogP contribution is -2.44. The monoisotopic (exact) mass is 450 g/mol. The number of nitrogens with two attached hydrogens (primary N) is 1. The number of pyridine rings is 1. The van der Waals surface area contributed by atoms with Crippen LogP contribution >= 0.6 is 0 Å². The number of benzene rings is 1. The fraction of sp³-hybridized carbons (Fsp3) is 0.440. The molecule has 0 bridgehead atoms. The molecule has 8 heteroatoms. The first kappa shape index (κ1) is 22.8. The number of rotatable bonds is 8. The van der Waals surface area contributed by atoms with Gasteiger partial charge in [-0.3, -0.25) is 14.5 Å². The lowest BCUT2D eigenvalue weighted by molar-refractivity contribution is -0.130. The van der Waals surface area contributed by atoms with E-state index in [1.807, 2.05) is 18.2 Å². The maximum Gasteiger partial charge on any atom is 0.325 e. The Bertz CT molecular complexity index is 1000. The van der Waals surface area contributed by atoms with E-state index in [9.17, 15) is 14.4 Å². The van der Waals surface area contributed by atoms with Gasteiger partial charge in [0.1, 0.15) is 17.7 Å². The minimum atomic E-state index is -0.585. The van der Waals surface area contributed by atoms with E-state index in [1.165, 1.54) is 10.5 Å². The Morgan fingerprint density at radius 3 is 2.58 bits per heavy atom. The van der Waals surface area contributed by atoms with Crippen molar-refractivity contribution in [2.45, 2.75) is 63.6 Å². The van der Waals surface area contributed by atoms with E-state index in [0.29, 0.717) is 32.1 Å². The number of nitrogens with one attached hydrogen (secondary N) is 1. The van der Waals surface area contributed by atoms with Crippen molar-refractivity contribution in [2.75, 3.05) is 0 Å². The molecule has 2 aromatic rings. The van der Waals surface area contributed by atoms with Crippen molar-refractivity contribution in [3.05, 3.63) is 59.8 Å². The predicted molar refractivity (Wildman–Crippen MR) is 123 cm³/mol. The molecule has 2 aliphatic rings. The standard InChI is InChI=1S/C25H30N4O4/c1-16(14-17-6-3-2-4-7-17)15-21-24(31)29(25(32)28-21)18-9-11-19(12-10-18)33-23-20(22(26)30)8-5-13-27-23/h2-8,13,16,18-19,21H,9-12,14-15H2,1H3,(H2,26,30)(H,28,32). The molecule has 2 atom stereocenters. The zero-order chi connectivity index (χ0) is 23.4. The van der Waals surface area contributed by atoms with Crippen molar-refractivity contribution < 1.29 is 19.1 Å². The third-order valence-corrected chi connectivity index (χ3v) is 6.44. The van der Waals surface area contributed by atoms with Crippen LogP contribution in [-0.4, -0.2) is 45.9 Å². The van der Waals surface area contributed by atoms with Gasteiger partial charge >= 0.3 is 6.03 Å². The summed E-state index contributed by atoms with van der Waals surface area (Å²) in [6.07, 6.45) is 5.51. The van der Waals surface area contributed by atoms with Crippen molar-refractivity contribution in [3.63, 3.8) is 0 Å². The summed E-state index contributed by atoms with van der Waals surface area (Å²) in [5.74, 6) is -0.219. The summed E-state index contributed by atoms with van der Waals surface area (Å²) in [5, 5.41) is 2.88. The fourth-order valence-electron chi connectivity index (χ4n) is 4.81. The summed E-state index contributed by atoms with van der Waals surface area (Å²) in [6, 6.07) is 12.5. The highest BCUT2D eigenvalue weighted by molar-refractivity contribution is 6.04. The number of primary amides is 1. The molecule has 8 nitrogen and oxygen atoms in total. The number of imide groups is 1. The van der Waals surface area contributed by atoms with Crippen LogP contribution in [0.4, 0.5) is 4.79 Å². The minimum absolute atomic E-state index is 0.134. The molecule has 4 amide bonds. The second kappa shape index (κ2) is 10.0. The van der Waals surface area contributed by atoms with E-state index in [-0.39, 0.29) is 41.4 Å². The maximum absolute atomic E-state index is 13.0. The van der Waals surface area contributed by atoms with E-state index in [4.69, 9.17) is 10.5 Å². The molecule has 1 aromatic carbocycles. The van der Waals surface area contributed by atoms with Gasteiger partial charge in [-0.25, -0.2) is 9.78 Å². The molecule has 2 fully saturated rings. The van der Waals surface area contributed by atoms with Crippen molar-refractivity contribution in [2.24, 2.45) is 11.7 Å². The Labute approximate surface area is 193 Å². The van der Waals surface area contributed by atoms with Gasteiger partial charge in [-0.05, 0) is 62.1 Å². The number of hydrogen-bond acceptors (Lipinski definition) is 5. The normalized spacial score (nSPS) is 23.8. The molecule has 4 rings (SSSR count). The van der Waals surface area contributed by atoms with E-state index >= 15 is 0 Å². The third-order valence-electron chi connectivity index (χ3n) is 6.44. The zero-order valence-electron chi connectivity index (χ0n) is 18.8. The highest BCUT2D eigenvalue weighted by Gasteiger charge is 2.43. The Balaban J connectivity index is 1.31. The highest BCUT2D eigenvalue weighted by atomic mass is 16.5. The van der Waals surface area contributed by atoms with E-state index in [2.05, 4.69) is 29.4 Å². The molecule has 0 spiro atoms. The quantitative estimate of drug-likeness (QED) is 0.600. The van der Waals surface area contributed by atoms with Crippen LogP contribution in [0.1, 0.15) is 54.9 Å². The first-order valence-electron chi connectivity index (χ1n) is 11.5. The number of ether oxygens (including phenoxy) is 1. The second-order valence-electron chi connectivity index (χ2n) is 9.01. The summed E-state index contributed by atoms with van der Waals surface area (Å²) in [4.78, 5) is 42.8. The second-order valence-corrected chi connectivity index (χ2v) is 9.01. The minimum Gasteiger partial charge on any atom is -0.474 e. The first-order valence-corrected chi connectivity index (χ1v) is 11.5. The van der Waals surface area contributed by atoms with E-state index < -0.39 is 11.9 Å². The molecule has 1 aliphatic heterocycles. The first-order chi connectivity index (χ1) is 15.9. The molecule has 1 aliphatic carbocycles. The molecule has 1 aromatic heterocycles. The zero-order valence-corrected chi connectivity index (χ0v) is 18.8. The number of carbonyl (C=O) groups excluding carboxylic acids is 3. The number of nitrogens with zero attached hydrogens (tertiary/aromatic N) is 2. The Hall–Kier alpha value is -3.42. The summed E-state index contributed by atoms with van der Waals surface area (Å²) in [7, 11) is 0.